The largest absolute Gasteiger partial charge is 0.476 e. The Kier molecular flexibility index (Phi) is 7.13. The van der Waals surface area contributed by atoms with Gasteiger partial charge in [0.15, 0.2) is 5.69 Å². The molecule has 13 heteroatoms. The third-order valence-electron chi connectivity index (χ3n) is 6.34. The molecule has 5 aromatic rings. The van der Waals surface area contributed by atoms with Gasteiger partial charge in [-0.15, -0.1) is 0 Å². The Morgan fingerprint density at radius 1 is 1.12 bits per heavy atom. The van der Waals surface area contributed by atoms with E-state index in [-0.39, 0.29) is 17.4 Å². The molecule has 0 atom stereocenters. The highest BCUT2D eigenvalue weighted by molar-refractivity contribution is 6.38. The summed E-state index contributed by atoms with van der Waals surface area (Å²) < 4.78 is 25.4. The van der Waals surface area contributed by atoms with E-state index in [2.05, 4.69) is 25.1 Å². The Morgan fingerprint density at radius 3 is 2.40 bits per heavy atom. The normalized spacial score (nSPS) is 13.5. The van der Waals surface area contributed by atoms with Crippen LogP contribution in [0.3, 0.4) is 0 Å². The molecule has 0 radical (unpaired) electrons. The Labute approximate surface area is 231 Å². The molecule has 40 heavy (non-hydrogen) atoms. The van der Waals surface area contributed by atoms with Crippen molar-refractivity contribution in [3.8, 4) is 17.2 Å². The maximum Gasteiger partial charge on any atom is 0.358 e. The van der Waals surface area contributed by atoms with Crippen molar-refractivity contribution >= 4 is 34.4 Å². The monoisotopic (exact) mass is 566 g/mol. The SMILES string of the molecule is Cc1cc(C(=O)O)no1.Cc1nc(-c2c(Cl)c3cc(F)ccc3n2-c2ccc(CNC(=O)C3(N)CC3)cc2)no1. The lowest BCUT2D eigenvalue weighted by Crippen LogP contribution is -2.42. The van der Waals surface area contributed by atoms with Gasteiger partial charge in [0.05, 0.1) is 16.1 Å². The topological polar surface area (TPSA) is 162 Å². The summed E-state index contributed by atoms with van der Waals surface area (Å²) in [4.78, 5) is 26.5. The van der Waals surface area contributed by atoms with Crippen LogP contribution in [0.2, 0.25) is 5.02 Å². The summed E-state index contributed by atoms with van der Waals surface area (Å²) in [5, 5.41) is 19.3. The third kappa shape index (κ3) is 5.44. The quantitative estimate of drug-likeness (QED) is 0.267. The second-order valence-corrected chi connectivity index (χ2v) is 9.81. The van der Waals surface area contributed by atoms with Gasteiger partial charge < -0.3 is 29.8 Å². The van der Waals surface area contributed by atoms with Crippen LogP contribution in [-0.2, 0) is 11.3 Å². The van der Waals surface area contributed by atoms with Crippen LogP contribution in [0.1, 0.15) is 40.5 Å². The van der Waals surface area contributed by atoms with Crippen molar-refractivity contribution in [2.45, 2.75) is 38.8 Å². The number of aromatic carboxylic acids is 1. The van der Waals surface area contributed by atoms with Crippen molar-refractivity contribution in [3.05, 3.63) is 82.3 Å². The number of carbonyl (C=O) groups excluding carboxylic acids is 1. The van der Waals surface area contributed by atoms with E-state index in [0.717, 1.165) is 24.1 Å². The van der Waals surface area contributed by atoms with Crippen molar-refractivity contribution in [3.63, 3.8) is 0 Å². The molecular weight excluding hydrogens is 543 g/mol. The first-order valence-corrected chi connectivity index (χ1v) is 12.6. The average Bonchev–Trinajstić information content (AvgIpc) is 3.22. The van der Waals surface area contributed by atoms with Crippen LogP contribution >= 0.6 is 11.6 Å². The van der Waals surface area contributed by atoms with Crippen LogP contribution in [0.25, 0.3) is 28.1 Å². The van der Waals surface area contributed by atoms with Crippen LogP contribution < -0.4 is 11.1 Å². The lowest BCUT2D eigenvalue weighted by atomic mass is 10.2. The van der Waals surface area contributed by atoms with Gasteiger partial charge in [0.25, 0.3) is 0 Å². The molecule has 0 unspecified atom stereocenters. The van der Waals surface area contributed by atoms with Gasteiger partial charge in [0, 0.05) is 30.6 Å². The standard InChI is InChI=1S/C22H19ClFN5O2.C5H5NO3/c1-12-27-20(28-31-12)19-18(23)16-10-14(24)4-7-17(16)29(19)15-5-2-13(3-6-15)11-26-21(30)22(25)8-9-22;1-3-2-4(5(7)8)6-9-3/h2-7,10H,8-9,11,25H2,1H3,(H,26,30);2H,1H3,(H,7,8). The molecule has 206 valence electrons. The first-order chi connectivity index (χ1) is 19.1. The molecule has 0 saturated heterocycles. The van der Waals surface area contributed by atoms with Gasteiger partial charge >= 0.3 is 5.97 Å². The highest BCUT2D eigenvalue weighted by Gasteiger charge is 2.45. The number of aryl methyl sites for hydroxylation is 2. The minimum absolute atomic E-state index is 0.0486. The molecule has 3 aromatic heterocycles. The molecule has 3 heterocycles. The molecule has 1 amide bonds. The van der Waals surface area contributed by atoms with E-state index in [1.54, 1.807) is 19.9 Å². The van der Waals surface area contributed by atoms with Gasteiger partial charge in [0.2, 0.25) is 17.6 Å². The Hall–Kier alpha value is -4.55. The zero-order valence-corrected chi connectivity index (χ0v) is 22.2. The number of fused-ring (bicyclic) bond motifs is 1. The maximum atomic E-state index is 13.9. The van der Waals surface area contributed by atoms with Crippen LogP contribution in [0.4, 0.5) is 4.39 Å². The maximum absolute atomic E-state index is 13.9. The molecule has 1 aliphatic carbocycles. The van der Waals surface area contributed by atoms with E-state index in [0.29, 0.717) is 45.6 Å². The molecule has 6 rings (SSSR count). The number of hydrogen-bond donors (Lipinski definition) is 3. The molecule has 4 N–H and O–H groups in total. The van der Waals surface area contributed by atoms with Gasteiger partial charge in [-0.1, -0.05) is 34.0 Å². The van der Waals surface area contributed by atoms with Crippen molar-refractivity contribution in [1.82, 2.24) is 25.2 Å². The van der Waals surface area contributed by atoms with Crippen molar-refractivity contribution in [1.29, 1.82) is 0 Å². The fourth-order valence-corrected chi connectivity index (χ4v) is 4.36. The number of nitrogens with zero attached hydrogens (tertiary/aromatic N) is 4. The van der Waals surface area contributed by atoms with E-state index in [9.17, 15) is 14.0 Å². The summed E-state index contributed by atoms with van der Waals surface area (Å²) in [6.07, 6.45) is 1.44. The number of carbonyl (C=O) groups is 2. The smallest absolute Gasteiger partial charge is 0.358 e. The van der Waals surface area contributed by atoms with Crippen LogP contribution in [0, 0.1) is 19.7 Å². The number of hydrogen-bond acceptors (Lipinski definition) is 8. The minimum Gasteiger partial charge on any atom is -0.476 e. The van der Waals surface area contributed by atoms with Crippen molar-refractivity contribution in [2.75, 3.05) is 0 Å². The lowest BCUT2D eigenvalue weighted by molar-refractivity contribution is -0.123. The predicted molar refractivity (Wildman–Crippen MR) is 142 cm³/mol. The molecule has 2 aromatic carbocycles. The van der Waals surface area contributed by atoms with Gasteiger partial charge in [-0.25, -0.2) is 9.18 Å². The summed E-state index contributed by atoms with van der Waals surface area (Å²) >= 11 is 6.62. The predicted octanol–water partition coefficient (Wildman–Crippen LogP) is 4.57. The van der Waals surface area contributed by atoms with E-state index >= 15 is 0 Å². The van der Waals surface area contributed by atoms with E-state index in [1.807, 2.05) is 28.8 Å². The van der Waals surface area contributed by atoms with Crippen molar-refractivity contribution in [2.24, 2.45) is 5.73 Å². The summed E-state index contributed by atoms with van der Waals surface area (Å²) in [5.74, 6) is -0.362. The van der Waals surface area contributed by atoms with Gasteiger partial charge in [0.1, 0.15) is 17.3 Å². The lowest BCUT2D eigenvalue weighted by Gasteiger charge is -2.12. The highest BCUT2D eigenvalue weighted by atomic mass is 35.5. The van der Waals surface area contributed by atoms with Crippen LogP contribution in [0.5, 0.6) is 0 Å². The van der Waals surface area contributed by atoms with E-state index < -0.39 is 11.5 Å². The van der Waals surface area contributed by atoms with Crippen molar-refractivity contribution < 1.29 is 28.1 Å². The van der Waals surface area contributed by atoms with Gasteiger partial charge in [-0.2, -0.15) is 4.98 Å². The molecule has 0 bridgehead atoms. The average molecular weight is 567 g/mol. The van der Waals surface area contributed by atoms with E-state index in [4.69, 9.17) is 27.0 Å². The molecule has 0 aliphatic heterocycles. The number of halogens is 2. The number of amides is 1. The number of rotatable bonds is 6. The minimum atomic E-state index is -1.06. The molecule has 11 nitrogen and oxygen atoms in total. The highest BCUT2D eigenvalue weighted by Crippen LogP contribution is 2.39. The molecule has 1 aliphatic rings. The van der Waals surface area contributed by atoms with Crippen LogP contribution in [0.15, 0.2) is 57.6 Å². The fraction of sp³-hybridized carbons (Fsp3) is 0.222. The first-order valence-electron chi connectivity index (χ1n) is 12.2. The molecule has 1 saturated carbocycles. The van der Waals surface area contributed by atoms with E-state index in [1.165, 1.54) is 18.2 Å². The molecule has 1 fully saturated rings. The third-order valence-corrected chi connectivity index (χ3v) is 6.73. The number of benzene rings is 2. The summed E-state index contributed by atoms with van der Waals surface area (Å²) in [6, 6.07) is 13.4. The fourth-order valence-electron chi connectivity index (χ4n) is 4.04. The number of carboxylic acid groups (broad SMARTS) is 1. The second kappa shape index (κ2) is 10.5. The number of nitrogens with one attached hydrogen (secondary N) is 1. The zero-order valence-electron chi connectivity index (χ0n) is 21.4. The Balaban J connectivity index is 0.000000306. The summed E-state index contributed by atoms with van der Waals surface area (Å²) in [5.41, 5.74) is 8.10. The number of nitrogens with two attached hydrogens (primary N) is 1. The second-order valence-electron chi connectivity index (χ2n) is 9.43. The summed E-state index contributed by atoms with van der Waals surface area (Å²) in [6.45, 7) is 3.71. The van der Waals surface area contributed by atoms with Crippen LogP contribution in [-0.4, -0.2) is 42.4 Å². The van der Waals surface area contributed by atoms with Gasteiger partial charge in [-0.05, 0) is 55.7 Å². The molecule has 0 spiro atoms. The first kappa shape index (κ1) is 27.0. The zero-order chi connectivity index (χ0) is 28.6. The Bertz CT molecular complexity index is 1720. The Morgan fingerprint density at radius 2 is 1.85 bits per heavy atom. The number of aromatic nitrogens is 4. The number of carboxylic acids is 1. The summed E-state index contributed by atoms with van der Waals surface area (Å²) in [7, 11) is 0. The van der Waals surface area contributed by atoms with Gasteiger partial charge in [-0.3, -0.25) is 4.79 Å². The molecular formula is C27H24ClFN6O5.